The normalized spacial score (nSPS) is 18.4. The molecule has 0 aromatic heterocycles. The van der Waals surface area contributed by atoms with Gasteiger partial charge < -0.3 is 4.74 Å². The largest absolute Gasteiger partial charge is 0.462 e. The summed E-state index contributed by atoms with van der Waals surface area (Å²) < 4.78 is 4.99. The summed E-state index contributed by atoms with van der Waals surface area (Å²) >= 11 is 0. The summed E-state index contributed by atoms with van der Waals surface area (Å²) in [6.07, 6.45) is 4.49. The number of piperidine rings is 1. The Kier molecular flexibility index (Phi) is 5.95. The van der Waals surface area contributed by atoms with Gasteiger partial charge in [-0.3, -0.25) is 9.69 Å². The molecule has 1 saturated heterocycles. The lowest BCUT2D eigenvalue weighted by molar-refractivity contribution is -0.145. The molecule has 0 saturated carbocycles. The van der Waals surface area contributed by atoms with E-state index in [-0.39, 0.29) is 12.1 Å². The van der Waals surface area contributed by atoms with Gasteiger partial charge in [-0.2, -0.15) is 0 Å². The molecule has 1 fully saturated rings. The minimum Gasteiger partial charge on any atom is -0.462 e. The number of hydrogen-bond donors (Lipinski definition) is 0. The average molecular weight is 223 g/mol. The Morgan fingerprint density at radius 2 is 2.00 bits per heavy atom. The summed E-state index contributed by atoms with van der Waals surface area (Å²) in [5.74, 6) is 5.98. The van der Waals surface area contributed by atoms with Gasteiger partial charge in [-0.25, -0.2) is 0 Å². The smallest absolute Gasteiger partial charge is 0.302 e. The third-order valence-electron chi connectivity index (χ3n) is 2.63. The van der Waals surface area contributed by atoms with E-state index in [1.165, 1.54) is 39.3 Å². The van der Waals surface area contributed by atoms with Gasteiger partial charge in [0.1, 0.15) is 6.10 Å². The van der Waals surface area contributed by atoms with E-state index in [1.807, 2.05) is 6.92 Å². The summed E-state index contributed by atoms with van der Waals surface area (Å²) in [7, 11) is 0. The second-order valence-corrected chi connectivity index (χ2v) is 4.31. The van der Waals surface area contributed by atoms with E-state index in [2.05, 4.69) is 16.7 Å². The van der Waals surface area contributed by atoms with E-state index in [0.717, 1.165) is 6.54 Å². The maximum atomic E-state index is 10.7. The van der Waals surface area contributed by atoms with Crippen molar-refractivity contribution in [3.05, 3.63) is 0 Å². The van der Waals surface area contributed by atoms with E-state index in [4.69, 9.17) is 4.74 Å². The van der Waals surface area contributed by atoms with Crippen LogP contribution < -0.4 is 0 Å². The van der Waals surface area contributed by atoms with E-state index in [9.17, 15) is 4.79 Å². The van der Waals surface area contributed by atoms with Crippen LogP contribution in [-0.2, 0) is 9.53 Å². The Bertz CT molecular complexity index is 271. The molecule has 0 aromatic carbocycles. The third-order valence-corrected chi connectivity index (χ3v) is 2.63. The molecule has 1 heterocycles. The topological polar surface area (TPSA) is 29.5 Å². The van der Waals surface area contributed by atoms with Gasteiger partial charge in [0.05, 0.1) is 6.54 Å². The Balaban J connectivity index is 2.14. The van der Waals surface area contributed by atoms with Crippen molar-refractivity contribution >= 4 is 5.97 Å². The first-order valence-corrected chi connectivity index (χ1v) is 6.04. The minimum atomic E-state index is -0.231. The van der Waals surface area contributed by atoms with Crippen molar-refractivity contribution in [2.75, 3.05) is 19.6 Å². The second-order valence-electron chi connectivity index (χ2n) is 4.31. The number of rotatable bonds is 3. The molecule has 0 aliphatic carbocycles. The molecule has 1 rings (SSSR count). The molecule has 0 spiro atoms. The molecule has 0 amide bonds. The Hall–Kier alpha value is -1.01. The van der Waals surface area contributed by atoms with Crippen molar-refractivity contribution in [1.29, 1.82) is 0 Å². The zero-order valence-electron chi connectivity index (χ0n) is 10.3. The fraction of sp³-hybridized carbons (Fsp3) is 0.769. The Morgan fingerprint density at radius 3 is 2.62 bits per heavy atom. The second kappa shape index (κ2) is 7.29. The van der Waals surface area contributed by atoms with Crippen LogP contribution in [0.15, 0.2) is 0 Å². The maximum Gasteiger partial charge on any atom is 0.302 e. The highest BCUT2D eigenvalue weighted by Gasteiger charge is 2.07. The molecular formula is C13H21NO2. The zero-order chi connectivity index (χ0) is 11.8. The van der Waals surface area contributed by atoms with Crippen LogP contribution in [0.5, 0.6) is 0 Å². The van der Waals surface area contributed by atoms with Gasteiger partial charge in [0, 0.05) is 13.3 Å². The SMILES string of the molecule is CC(=O)OC(C)CC#CCN1CCCCC1. The molecule has 1 atom stereocenters. The minimum absolute atomic E-state index is 0.0913. The first-order valence-electron chi connectivity index (χ1n) is 6.04. The van der Waals surface area contributed by atoms with Crippen LogP contribution in [0.4, 0.5) is 0 Å². The van der Waals surface area contributed by atoms with Gasteiger partial charge in [0.25, 0.3) is 0 Å². The molecule has 0 aromatic rings. The average Bonchev–Trinajstić information content (AvgIpc) is 2.25. The summed E-state index contributed by atoms with van der Waals surface area (Å²) in [5, 5.41) is 0. The molecule has 3 nitrogen and oxygen atoms in total. The zero-order valence-corrected chi connectivity index (χ0v) is 10.3. The molecule has 1 aliphatic heterocycles. The van der Waals surface area contributed by atoms with Crippen LogP contribution in [0.25, 0.3) is 0 Å². The van der Waals surface area contributed by atoms with Gasteiger partial charge in [-0.05, 0) is 32.9 Å². The van der Waals surface area contributed by atoms with Gasteiger partial charge >= 0.3 is 5.97 Å². The quantitative estimate of drug-likeness (QED) is 0.540. The Labute approximate surface area is 98.1 Å². The number of likely N-dealkylation sites (tertiary alicyclic amines) is 1. The lowest BCUT2D eigenvalue weighted by Gasteiger charge is -2.23. The van der Waals surface area contributed by atoms with Gasteiger partial charge in [0.2, 0.25) is 0 Å². The highest BCUT2D eigenvalue weighted by Crippen LogP contribution is 2.07. The van der Waals surface area contributed by atoms with Crippen molar-refractivity contribution in [2.45, 2.75) is 45.6 Å². The van der Waals surface area contributed by atoms with Gasteiger partial charge in [0.15, 0.2) is 0 Å². The lowest BCUT2D eigenvalue weighted by atomic mass is 10.1. The summed E-state index contributed by atoms with van der Waals surface area (Å²) in [4.78, 5) is 13.0. The van der Waals surface area contributed by atoms with Crippen LogP contribution in [0.3, 0.4) is 0 Å². The van der Waals surface area contributed by atoms with E-state index < -0.39 is 0 Å². The summed E-state index contributed by atoms with van der Waals surface area (Å²) in [5.41, 5.74) is 0. The molecule has 0 radical (unpaired) electrons. The lowest BCUT2D eigenvalue weighted by Crippen LogP contribution is -2.29. The number of carbonyl (C=O) groups is 1. The first kappa shape index (κ1) is 13.1. The fourth-order valence-electron chi connectivity index (χ4n) is 1.83. The van der Waals surface area contributed by atoms with E-state index in [1.54, 1.807) is 0 Å². The number of hydrogen-bond acceptors (Lipinski definition) is 3. The van der Waals surface area contributed by atoms with Crippen LogP contribution >= 0.6 is 0 Å². The van der Waals surface area contributed by atoms with Gasteiger partial charge in [-0.1, -0.05) is 18.3 Å². The predicted octanol–water partition coefficient (Wildman–Crippen LogP) is 1.82. The van der Waals surface area contributed by atoms with Gasteiger partial charge in [-0.15, -0.1) is 0 Å². The fourth-order valence-corrected chi connectivity index (χ4v) is 1.83. The van der Waals surface area contributed by atoms with Crippen LogP contribution in [0, 0.1) is 11.8 Å². The first-order chi connectivity index (χ1) is 7.68. The number of nitrogens with zero attached hydrogens (tertiary/aromatic N) is 1. The van der Waals surface area contributed by atoms with E-state index in [0.29, 0.717) is 6.42 Å². The van der Waals surface area contributed by atoms with Crippen molar-refractivity contribution in [2.24, 2.45) is 0 Å². The third kappa shape index (κ3) is 5.77. The van der Waals surface area contributed by atoms with Crippen molar-refractivity contribution < 1.29 is 9.53 Å². The van der Waals surface area contributed by atoms with Crippen LogP contribution in [0.2, 0.25) is 0 Å². The molecule has 3 heteroatoms. The number of carbonyl (C=O) groups excluding carboxylic acids is 1. The number of esters is 1. The monoisotopic (exact) mass is 223 g/mol. The molecule has 0 bridgehead atoms. The van der Waals surface area contributed by atoms with Crippen LogP contribution in [0.1, 0.15) is 39.5 Å². The predicted molar refractivity (Wildman–Crippen MR) is 63.9 cm³/mol. The molecule has 16 heavy (non-hydrogen) atoms. The molecular weight excluding hydrogens is 202 g/mol. The molecule has 1 aliphatic rings. The van der Waals surface area contributed by atoms with Crippen LogP contribution in [-0.4, -0.2) is 36.6 Å². The van der Waals surface area contributed by atoms with E-state index >= 15 is 0 Å². The maximum absolute atomic E-state index is 10.7. The van der Waals surface area contributed by atoms with Crippen molar-refractivity contribution in [3.63, 3.8) is 0 Å². The molecule has 90 valence electrons. The molecule has 1 unspecified atom stereocenters. The highest BCUT2D eigenvalue weighted by molar-refractivity contribution is 5.66. The summed E-state index contributed by atoms with van der Waals surface area (Å²) in [6, 6.07) is 0. The highest BCUT2D eigenvalue weighted by atomic mass is 16.5. The standard InChI is InChI=1S/C13H21NO2/c1-12(16-13(2)15)8-4-7-11-14-9-5-3-6-10-14/h12H,3,5-6,8-11H2,1-2H3. The summed E-state index contributed by atoms with van der Waals surface area (Å²) in [6.45, 7) is 6.50. The Morgan fingerprint density at radius 1 is 1.31 bits per heavy atom. The van der Waals surface area contributed by atoms with Crippen molar-refractivity contribution in [1.82, 2.24) is 4.90 Å². The molecule has 0 N–H and O–H groups in total. The van der Waals surface area contributed by atoms with Crippen molar-refractivity contribution in [3.8, 4) is 11.8 Å². The number of ether oxygens (including phenoxy) is 1.